The van der Waals surface area contributed by atoms with Gasteiger partial charge in [-0.15, -0.1) is 0 Å². The molecule has 0 spiro atoms. The lowest BCUT2D eigenvalue weighted by molar-refractivity contribution is -0.143. The van der Waals surface area contributed by atoms with Crippen LogP contribution in [0.1, 0.15) is 29.3 Å². The Morgan fingerprint density at radius 2 is 2.00 bits per heavy atom. The average Bonchev–Trinajstić information content (AvgIpc) is 3.22. The molecule has 2 aromatic rings. The van der Waals surface area contributed by atoms with E-state index in [4.69, 9.17) is 27.9 Å². The van der Waals surface area contributed by atoms with Gasteiger partial charge in [0.1, 0.15) is 5.15 Å². The molecule has 1 aromatic carbocycles. The highest BCUT2D eigenvalue weighted by Crippen LogP contribution is 2.30. The van der Waals surface area contributed by atoms with Gasteiger partial charge in [-0.05, 0) is 37.1 Å². The number of ether oxygens (including phenoxy) is 1. The van der Waals surface area contributed by atoms with Crippen LogP contribution in [0.5, 0.6) is 0 Å². The highest BCUT2D eigenvalue weighted by atomic mass is 35.5. The second-order valence-electron chi connectivity index (χ2n) is 7.14. The third-order valence-electron chi connectivity index (χ3n) is 4.76. The number of esters is 1. The maximum Gasteiger partial charge on any atom is 0.331 e. The minimum absolute atomic E-state index is 0.00975. The SMILES string of the molecule is Cc1nn(C2CCS(=O)(=O)C2)c(Cl)c1C=CC(=O)OCC(=O)NCc1ccc(Cl)cc1. The van der Waals surface area contributed by atoms with Crippen LogP contribution in [0.25, 0.3) is 6.08 Å². The van der Waals surface area contributed by atoms with Crippen LogP contribution >= 0.6 is 23.2 Å². The van der Waals surface area contributed by atoms with Gasteiger partial charge in [0.25, 0.3) is 5.91 Å². The standard InChI is InChI=1S/C20H21Cl2N3O5S/c1-13-17(20(22)25(24-13)16-8-9-31(28,29)12-16)6-7-19(27)30-11-18(26)23-10-14-2-4-15(21)5-3-14/h2-7,16H,8-12H2,1H3,(H,23,26). The van der Waals surface area contributed by atoms with Crippen LogP contribution in [0.2, 0.25) is 10.2 Å². The Labute approximate surface area is 190 Å². The number of halogens is 2. The molecule has 1 unspecified atom stereocenters. The van der Waals surface area contributed by atoms with Crippen LogP contribution in [-0.4, -0.2) is 48.2 Å². The van der Waals surface area contributed by atoms with Crippen LogP contribution in [0, 0.1) is 6.92 Å². The lowest BCUT2D eigenvalue weighted by Crippen LogP contribution is -2.28. The third kappa shape index (κ3) is 6.32. The van der Waals surface area contributed by atoms with Crippen LogP contribution < -0.4 is 5.32 Å². The van der Waals surface area contributed by atoms with Crippen molar-refractivity contribution in [3.8, 4) is 0 Å². The fraction of sp³-hybridized carbons (Fsp3) is 0.350. The molecule has 1 saturated heterocycles. The summed E-state index contributed by atoms with van der Waals surface area (Å²) < 4.78 is 29.8. The van der Waals surface area contributed by atoms with Gasteiger partial charge in [0.05, 0.1) is 23.2 Å². The molecule has 8 nitrogen and oxygen atoms in total. The van der Waals surface area contributed by atoms with Crippen molar-refractivity contribution in [3.05, 3.63) is 57.3 Å². The molecular weight excluding hydrogens is 465 g/mol. The minimum atomic E-state index is -3.09. The Morgan fingerprint density at radius 3 is 2.65 bits per heavy atom. The second kappa shape index (κ2) is 9.84. The summed E-state index contributed by atoms with van der Waals surface area (Å²) in [5.41, 5.74) is 1.91. The van der Waals surface area contributed by atoms with Gasteiger partial charge in [0, 0.05) is 23.2 Å². The van der Waals surface area contributed by atoms with E-state index in [2.05, 4.69) is 10.4 Å². The highest BCUT2D eigenvalue weighted by molar-refractivity contribution is 7.91. The van der Waals surface area contributed by atoms with E-state index in [1.807, 2.05) is 0 Å². The summed E-state index contributed by atoms with van der Waals surface area (Å²) in [5.74, 6) is -1.07. The van der Waals surface area contributed by atoms with Gasteiger partial charge in [-0.1, -0.05) is 35.3 Å². The van der Waals surface area contributed by atoms with Gasteiger partial charge in [0.15, 0.2) is 16.4 Å². The van der Waals surface area contributed by atoms with Crippen molar-refractivity contribution in [1.82, 2.24) is 15.1 Å². The highest BCUT2D eigenvalue weighted by Gasteiger charge is 2.31. The molecule has 0 radical (unpaired) electrons. The number of carbonyl (C=O) groups excluding carboxylic acids is 2. The van der Waals surface area contributed by atoms with Crippen molar-refractivity contribution in [2.45, 2.75) is 25.9 Å². The van der Waals surface area contributed by atoms with E-state index >= 15 is 0 Å². The van der Waals surface area contributed by atoms with Crippen molar-refractivity contribution in [2.75, 3.05) is 18.1 Å². The summed E-state index contributed by atoms with van der Waals surface area (Å²) in [7, 11) is -3.09. The van der Waals surface area contributed by atoms with Crippen molar-refractivity contribution < 1.29 is 22.7 Å². The molecular formula is C20H21Cl2N3O5S. The number of nitrogens with zero attached hydrogens (tertiary/aromatic N) is 2. The number of hydrogen-bond acceptors (Lipinski definition) is 6. The summed E-state index contributed by atoms with van der Waals surface area (Å²) in [5, 5.41) is 7.81. The first-order valence-corrected chi connectivity index (χ1v) is 12.0. The molecule has 166 valence electrons. The number of benzene rings is 1. The first-order chi connectivity index (χ1) is 14.6. The Bertz CT molecular complexity index is 1110. The molecule has 0 aliphatic carbocycles. The summed E-state index contributed by atoms with van der Waals surface area (Å²) in [6.45, 7) is 1.57. The quantitative estimate of drug-likeness (QED) is 0.477. The van der Waals surface area contributed by atoms with E-state index in [9.17, 15) is 18.0 Å². The first kappa shape index (κ1) is 23.3. The number of rotatable bonds is 7. The fourth-order valence-electron chi connectivity index (χ4n) is 3.12. The maximum absolute atomic E-state index is 12.0. The smallest absolute Gasteiger partial charge is 0.331 e. The molecule has 1 atom stereocenters. The fourth-order valence-corrected chi connectivity index (χ4v) is 5.32. The zero-order valence-corrected chi connectivity index (χ0v) is 19.0. The number of nitrogens with one attached hydrogen (secondary N) is 1. The maximum atomic E-state index is 12.0. The molecule has 1 amide bonds. The zero-order valence-electron chi connectivity index (χ0n) is 16.7. The molecule has 1 aliphatic rings. The number of sulfone groups is 1. The van der Waals surface area contributed by atoms with Gasteiger partial charge >= 0.3 is 5.97 Å². The molecule has 11 heteroatoms. The predicted octanol–water partition coefficient (Wildman–Crippen LogP) is 2.73. The third-order valence-corrected chi connectivity index (χ3v) is 7.14. The van der Waals surface area contributed by atoms with Crippen LogP contribution in [-0.2, 0) is 30.7 Å². The monoisotopic (exact) mass is 485 g/mol. The van der Waals surface area contributed by atoms with Crippen LogP contribution in [0.4, 0.5) is 0 Å². The average molecular weight is 486 g/mol. The van der Waals surface area contributed by atoms with Crippen LogP contribution in [0.15, 0.2) is 30.3 Å². The van der Waals surface area contributed by atoms with Crippen molar-refractivity contribution in [1.29, 1.82) is 0 Å². The Hall–Kier alpha value is -2.36. The zero-order chi connectivity index (χ0) is 22.6. The largest absolute Gasteiger partial charge is 0.452 e. The van der Waals surface area contributed by atoms with E-state index in [1.165, 1.54) is 10.8 Å². The van der Waals surface area contributed by atoms with Crippen LogP contribution in [0.3, 0.4) is 0 Å². The Kier molecular flexibility index (Phi) is 7.40. The molecule has 31 heavy (non-hydrogen) atoms. The molecule has 2 heterocycles. The second-order valence-corrected chi connectivity index (χ2v) is 10.2. The van der Waals surface area contributed by atoms with Gasteiger partial charge < -0.3 is 10.1 Å². The number of hydrogen-bond donors (Lipinski definition) is 1. The van der Waals surface area contributed by atoms with Crippen molar-refractivity contribution >= 4 is 51.0 Å². The predicted molar refractivity (Wildman–Crippen MR) is 118 cm³/mol. The number of aryl methyl sites for hydroxylation is 1. The van der Waals surface area contributed by atoms with E-state index in [1.54, 1.807) is 31.2 Å². The summed E-state index contributed by atoms with van der Waals surface area (Å²) >= 11 is 12.2. The van der Waals surface area contributed by atoms with Gasteiger partial charge in [-0.3, -0.25) is 4.79 Å². The van der Waals surface area contributed by atoms with Gasteiger partial charge in [-0.2, -0.15) is 5.10 Å². The molecule has 1 N–H and O–H groups in total. The molecule has 1 fully saturated rings. The molecule has 1 aromatic heterocycles. The number of carbonyl (C=O) groups is 2. The molecule has 1 aliphatic heterocycles. The van der Waals surface area contributed by atoms with Crippen molar-refractivity contribution in [3.63, 3.8) is 0 Å². The summed E-state index contributed by atoms with van der Waals surface area (Å²) in [6.07, 6.45) is 3.04. The van der Waals surface area contributed by atoms with E-state index < -0.39 is 28.3 Å². The van der Waals surface area contributed by atoms with E-state index in [-0.39, 0.29) is 29.2 Å². The molecule has 3 rings (SSSR count). The molecule has 0 bridgehead atoms. The van der Waals surface area contributed by atoms with E-state index in [0.29, 0.717) is 22.7 Å². The first-order valence-electron chi connectivity index (χ1n) is 9.45. The van der Waals surface area contributed by atoms with Crippen molar-refractivity contribution in [2.24, 2.45) is 0 Å². The lowest BCUT2D eigenvalue weighted by atomic mass is 10.2. The molecule has 0 saturated carbocycles. The lowest BCUT2D eigenvalue weighted by Gasteiger charge is -2.09. The number of amides is 1. The normalized spacial score (nSPS) is 17.7. The Balaban J connectivity index is 1.51. The summed E-state index contributed by atoms with van der Waals surface area (Å²) in [6, 6.07) is 6.67. The minimum Gasteiger partial charge on any atom is -0.452 e. The van der Waals surface area contributed by atoms with Gasteiger partial charge in [0.2, 0.25) is 0 Å². The topological polar surface area (TPSA) is 107 Å². The van der Waals surface area contributed by atoms with Gasteiger partial charge in [-0.25, -0.2) is 17.9 Å². The Morgan fingerprint density at radius 1 is 1.29 bits per heavy atom. The van der Waals surface area contributed by atoms with E-state index in [0.717, 1.165) is 11.6 Å². The summed E-state index contributed by atoms with van der Waals surface area (Å²) in [4.78, 5) is 23.8. The number of aromatic nitrogens is 2.